The first-order valence-electron chi connectivity index (χ1n) is 6.41. The van der Waals surface area contributed by atoms with E-state index in [1.165, 1.54) is 11.8 Å². The van der Waals surface area contributed by atoms with Gasteiger partial charge in [-0.3, -0.25) is 9.36 Å². The van der Waals surface area contributed by atoms with Crippen LogP contribution in [0.2, 0.25) is 5.02 Å². The van der Waals surface area contributed by atoms with Crippen LogP contribution in [0.4, 0.5) is 0 Å². The number of nitrogens with zero attached hydrogens (tertiary/aromatic N) is 2. The molecule has 3 nitrogen and oxygen atoms in total. The van der Waals surface area contributed by atoms with E-state index in [4.69, 9.17) is 11.6 Å². The third-order valence-corrected chi connectivity index (χ3v) is 3.96. The van der Waals surface area contributed by atoms with Gasteiger partial charge >= 0.3 is 0 Å². The fourth-order valence-electron chi connectivity index (χ4n) is 2.05. The molecular weight excluding hydrogens is 280 g/mol. The van der Waals surface area contributed by atoms with Crippen LogP contribution in [-0.4, -0.2) is 15.8 Å². The molecule has 1 aromatic carbocycles. The summed E-state index contributed by atoms with van der Waals surface area (Å²) in [5, 5.41) is 2.00. The lowest BCUT2D eigenvalue weighted by atomic mass is 10.2. The highest BCUT2D eigenvalue weighted by atomic mass is 35.5. The first kappa shape index (κ1) is 14.4. The van der Waals surface area contributed by atoms with Crippen molar-refractivity contribution in [3.8, 4) is 0 Å². The lowest BCUT2D eigenvalue weighted by Gasteiger charge is -2.11. The summed E-state index contributed by atoms with van der Waals surface area (Å²) in [6, 6.07) is 5.24. The molecule has 1 heterocycles. The minimum atomic E-state index is 0.0297. The summed E-state index contributed by atoms with van der Waals surface area (Å²) in [7, 11) is 0. The molecule has 0 spiro atoms. The van der Waals surface area contributed by atoms with Gasteiger partial charge in [0.25, 0.3) is 5.56 Å². The van der Waals surface area contributed by atoms with Crippen LogP contribution in [0, 0.1) is 0 Å². The molecule has 0 saturated heterocycles. The van der Waals surface area contributed by atoms with Crippen LogP contribution < -0.4 is 5.56 Å². The summed E-state index contributed by atoms with van der Waals surface area (Å²) in [4.78, 5) is 17.0. The number of unbranched alkanes of at least 4 members (excludes halogenated alkanes) is 2. The second-order valence-electron chi connectivity index (χ2n) is 4.42. The highest BCUT2D eigenvalue weighted by molar-refractivity contribution is 7.98. The van der Waals surface area contributed by atoms with Crippen LogP contribution in [0.15, 0.2) is 28.2 Å². The predicted octanol–water partition coefficient (Wildman–Crippen LogP) is 3.96. The van der Waals surface area contributed by atoms with Gasteiger partial charge in [0, 0.05) is 11.6 Å². The Hall–Kier alpha value is -1.00. The van der Waals surface area contributed by atoms with E-state index in [9.17, 15) is 4.79 Å². The second-order valence-corrected chi connectivity index (χ2v) is 5.63. The number of fused-ring (bicyclic) bond motifs is 1. The third kappa shape index (κ3) is 3.12. The smallest absolute Gasteiger partial charge is 0.262 e. The number of hydrogen-bond donors (Lipinski definition) is 0. The quantitative estimate of drug-likeness (QED) is 0.476. The molecule has 0 unspecified atom stereocenters. The molecule has 0 aliphatic carbocycles. The topological polar surface area (TPSA) is 34.9 Å². The molecule has 2 aromatic rings. The van der Waals surface area contributed by atoms with Crippen molar-refractivity contribution in [3.63, 3.8) is 0 Å². The molecule has 0 N–H and O–H groups in total. The van der Waals surface area contributed by atoms with Crippen molar-refractivity contribution < 1.29 is 0 Å². The average Bonchev–Trinajstić information content (AvgIpc) is 2.40. The molecule has 0 bridgehead atoms. The van der Waals surface area contributed by atoms with Crippen LogP contribution in [-0.2, 0) is 6.54 Å². The molecule has 0 amide bonds. The fourth-order valence-corrected chi connectivity index (χ4v) is 2.80. The molecule has 1 aromatic heterocycles. The van der Waals surface area contributed by atoms with Gasteiger partial charge in [-0.15, -0.1) is 0 Å². The lowest BCUT2D eigenvalue weighted by Crippen LogP contribution is -2.23. The maximum Gasteiger partial charge on any atom is 0.262 e. The molecule has 0 radical (unpaired) electrons. The fraction of sp³-hybridized carbons (Fsp3) is 0.429. The Kier molecular flexibility index (Phi) is 4.88. The lowest BCUT2D eigenvalue weighted by molar-refractivity contribution is 0.542. The molecule has 0 atom stereocenters. The standard InChI is InChI=1S/C14H17ClN2OS/c1-3-4-5-8-17-13(18)11-7-6-10(15)9-12(11)16-14(17)19-2/h6-7,9H,3-5,8H2,1-2H3. The van der Waals surface area contributed by atoms with Crippen molar-refractivity contribution in [2.24, 2.45) is 0 Å². The molecule has 5 heteroatoms. The Morgan fingerprint density at radius 3 is 2.84 bits per heavy atom. The Morgan fingerprint density at radius 1 is 1.37 bits per heavy atom. The van der Waals surface area contributed by atoms with Crippen molar-refractivity contribution >= 4 is 34.3 Å². The van der Waals surface area contributed by atoms with E-state index in [1.807, 2.05) is 6.26 Å². The van der Waals surface area contributed by atoms with E-state index >= 15 is 0 Å². The maximum absolute atomic E-state index is 12.5. The number of rotatable bonds is 5. The number of aromatic nitrogens is 2. The van der Waals surface area contributed by atoms with Gasteiger partial charge in [-0.2, -0.15) is 0 Å². The summed E-state index contributed by atoms with van der Waals surface area (Å²) < 4.78 is 1.77. The Bertz CT molecular complexity index is 639. The summed E-state index contributed by atoms with van der Waals surface area (Å²) in [6.45, 7) is 2.88. The summed E-state index contributed by atoms with van der Waals surface area (Å²) >= 11 is 7.45. The molecule has 0 saturated carbocycles. The molecule has 19 heavy (non-hydrogen) atoms. The Labute approximate surface area is 122 Å². The molecular formula is C14H17ClN2OS. The second kappa shape index (κ2) is 6.44. The molecule has 2 rings (SSSR count). The minimum absolute atomic E-state index is 0.0297. The van der Waals surface area contributed by atoms with Gasteiger partial charge in [-0.05, 0) is 30.9 Å². The number of halogens is 1. The highest BCUT2D eigenvalue weighted by Gasteiger charge is 2.10. The van der Waals surface area contributed by atoms with Crippen LogP contribution in [0.25, 0.3) is 10.9 Å². The number of benzene rings is 1. The SMILES string of the molecule is CCCCCn1c(SC)nc2cc(Cl)ccc2c1=O. The largest absolute Gasteiger partial charge is 0.287 e. The van der Waals surface area contributed by atoms with Crippen LogP contribution >= 0.6 is 23.4 Å². The van der Waals surface area contributed by atoms with Crippen LogP contribution in [0.3, 0.4) is 0 Å². The number of hydrogen-bond acceptors (Lipinski definition) is 3. The molecule has 102 valence electrons. The Morgan fingerprint density at radius 2 is 2.16 bits per heavy atom. The van der Waals surface area contributed by atoms with Gasteiger partial charge in [0.2, 0.25) is 0 Å². The molecule has 0 aliphatic heterocycles. The first-order valence-corrected chi connectivity index (χ1v) is 8.01. The van der Waals surface area contributed by atoms with Gasteiger partial charge in [-0.1, -0.05) is 43.1 Å². The van der Waals surface area contributed by atoms with Gasteiger partial charge in [-0.25, -0.2) is 4.98 Å². The summed E-state index contributed by atoms with van der Waals surface area (Å²) in [5.74, 6) is 0. The summed E-state index contributed by atoms with van der Waals surface area (Å²) in [6.07, 6.45) is 5.21. The predicted molar refractivity (Wildman–Crippen MR) is 82.3 cm³/mol. The first-order chi connectivity index (χ1) is 9.17. The van der Waals surface area contributed by atoms with E-state index in [1.54, 1.807) is 22.8 Å². The monoisotopic (exact) mass is 296 g/mol. The minimum Gasteiger partial charge on any atom is -0.287 e. The van der Waals surface area contributed by atoms with Crippen molar-refractivity contribution in [2.45, 2.75) is 37.9 Å². The van der Waals surface area contributed by atoms with E-state index in [-0.39, 0.29) is 5.56 Å². The van der Waals surface area contributed by atoms with Gasteiger partial charge in [0.05, 0.1) is 10.9 Å². The van der Waals surface area contributed by atoms with E-state index in [0.29, 0.717) is 15.9 Å². The van der Waals surface area contributed by atoms with Crippen molar-refractivity contribution in [3.05, 3.63) is 33.6 Å². The Balaban J connectivity index is 2.52. The zero-order valence-electron chi connectivity index (χ0n) is 11.1. The van der Waals surface area contributed by atoms with Crippen LogP contribution in [0.1, 0.15) is 26.2 Å². The van der Waals surface area contributed by atoms with E-state index in [0.717, 1.165) is 31.0 Å². The van der Waals surface area contributed by atoms with E-state index < -0.39 is 0 Å². The van der Waals surface area contributed by atoms with Crippen LogP contribution in [0.5, 0.6) is 0 Å². The number of thioether (sulfide) groups is 1. The van der Waals surface area contributed by atoms with Crippen molar-refractivity contribution in [1.82, 2.24) is 9.55 Å². The van der Waals surface area contributed by atoms with E-state index in [2.05, 4.69) is 11.9 Å². The molecule has 0 aliphatic rings. The van der Waals surface area contributed by atoms with Crippen molar-refractivity contribution in [1.29, 1.82) is 0 Å². The maximum atomic E-state index is 12.5. The average molecular weight is 297 g/mol. The normalized spacial score (nSPS) is 11.1. The van der Waals surface area contributed by atoms with Gasteiger partial charge < -0.3 is 0 Å². The van der Waals surface area contributed by atoms with Crippen molar-refractivity contribution in [2.75, 3.05) is 6.26 Å². The highest BCUT2D eigenvalue weighted by Crippen LogP contribution is 2.19. The zero-order valence-corrected chi connectivity index (χ0v) is 12.7. The molecule has 0 fully saturated rings. The van der Waals surface area contributed by atoms with Gasteiger partial charge in [0.1, 0.15) is 0 Å². The van der Waals surface area contributed by atoms with Gasteiger partial charge in [0.15, 0.2) is 5.16 Å². The summed E-state index contributed by atoms with van der Waals surface area (Å²) in [5.41, 5.74) is 0.704. The third-order valence-electron chi connectivity index (χ3n) is 3.05. The zero-order chi connectivity index (χ0) is 13.8.